The van der Waals surface area contributed by atoms with Gasteiger partial charge >= 0.3 is 0 Å². The zero-order valence-electron chi connectivity index (χ0n) is 23.3. The van der Waals surface area contributed by atoms with E-state index in [-0.39, 0.29) is 16.5 Å². The normalized spacial score (nSPS) is 12.2. The molecule has 0 unspecified atom stereocenters. The zero-order chi connectivity index (χ0) is 27.2. The highest BCUT2D eigenvalue weighted by Gasteiger charge is 2.37. The molecule has 0 aliphatic heterocycles. The summed E-state index contributed by atoms with van der Waals surface area (Å²) < 4.78 is 34.6. The van der Waals surface area contributed by atoms with Crippen molar-refractivity contribution in [2.75, 3.05) is 13.2 Å². The standard InChI is InChI=1S/C29H41NO3SSi2/c1-25-15-17-28(18-16-25)34(31,32)30(21-12-23-33-36(8,9)29(2,3)4)22-19-26-13-10-11-14-27(26)20-24-35(5,6)7/h10-11,13-18H,12,21,23H2,1-9H3. The largest absolute Gasteiger partial charge is 0.417 e. The summed E-state index contributed by atoms with van der Waals surface area (Å²) in [5, 5.41) is 0.0983. The predicted molar refractivity (Wildman–Crippen MR) is 156 cm³/mol. The van der Waals surface area contributed by atoms with E-state index in [2.05, 4.69) is 76.9 Å². The topological polar surface area (TPSA) is 46.6 Å². The average Bonchev–Trinajstić information content (AvgIpc) is 2.76. The van der Waals surface area contributed by atoms with Crippen LogP contribution in [0.4, 0.5) is 0 Å². The Labute approximate surface area is 221 Å². The third kappa shape index (κ3) is 8.67. The molecular formula is C29H41NO3SSi2. The molecule has 0 aliphatic carbocycles. The van der Waals surface area contributed by atoms with Gasteiger partial charge in [-0.3, -0.25) is 0 Å². The van der Waals surface area contributed by atoms with E-state index in [1.165, 1.54) is 4.31 Å². The summed E-state index contributed by atoms with van der Waals surface area (Å²) in [5.41, 5.74) is 5.92. The average molecular weight is 540 g/mol. The maximum atomic E-state index is 13.5. The number of hydrogen-bond acceptors (Lipinski definition) is 3. The Balaban J connectivity index is 2.37. The van der Waals surface area contributed by atoms with E-state index >= 15 is 0 Å². The van der Waals surface area contributed by atoms with E-state index in [0.29, 0.717) is 13.0 Å². The molecule has 0 saturated heterocycles. The minimum absolute atomic E-state index is 0.0983. The Hall–Kier alpha value is -2.30. The smallest absolute Gasteiger partial charge is 0.270 e. The van der Waals surface area contributed by atoms with Crippen LogP contribution in [0.2, 0.25) is 37.8 Å². The number of rotatable bonds is 7. The Morgan fingerprint density at radius 2 is 1.44 bits per heavy atom. The van der Waals surface area contributed by atoms with Gasteiger partial charge in [0.1, 0.15) is 8.07 Å². The molecule has 0 amide bonds. The second kappa shape index (κ2) is 11.8. The Kier molecular flexibility index (Phi) is 9.84. The quantitative estimate of drug-likeness (QED) is 0.172. The molecule has 0 aromatic heterocycles. The molecule has 0 bridgehead atoms. The van der Waals surface area contributed by atoms with E-state index in [1.807, 2.05) is 31.2 Å². The highest BCUT2D eigenvalue weighted by molar-refractivity contribution is 7.89. The lowest BCUT2D eigenvalue weighted by atomic mass is 10.1. The molecule has 0 spiro atoms. The van der Waals surface area contributed by atoms with Crippen LogP contribution in [0.3, 0.4) is 0 Å². The van der Waals surface area contributed by atoms with E-state index in [9.17, 15) is 8.42 Å². The Bertz CT molecular complexity index is 1260. The molecule has 194 valence electrons. The number of benzene rings is 2. The van der Waals surface area contributed by atoms with Crippen LogP contribution in [0, 0.1) is 30.4 Å². The summed E-state index contributed by atoms with van der Waals surface area (Å²) in [6.45, 7) is 20.2. The lowest BCUT2D eigenvalue weighted by Gasteiger charge is -2.36. The first-order chi connectivity index (χ1) is 16.5. The first-order valence-corrected chi connectivity index (χ1v) is 20.2. The summed E-state index contributed by atoms with van der Waals surface area (Å²) in [5.74, 6) is 6.36. The van der Waals surface area contributed by atoms with Crippen LogP contribution in [-0.4, -0.2) is 42.3 Å². The molecule has 2 aromatic carbocycles. The first kappa shape index (κ1) is 29.9. The molecule has 0 saturated carbocycles. The van der Waals surface area contributed by atoms with Gasteiger partial charge in [0.15, 0.2) is 8.32 Å². The van der Waals surface area contributed by atoms with Crippen LogP contribution < -0.4 is 0 Å². The third-order valence-corrected chi connectivity index (χ3v) is 13.3. The molecule has 2 aromatic rings. The van der Waals surface area contributed by atoms with Crippen molar-refractivity contribution in [2.45, 2.75) is 76.8 Å². The fourth-order valence-corrected chi connectivity index (χ4v) is 5.77. The van der Waals surface area contributed by atoms with Gasteiger partial charge in [-0.25, -0.2) is 12.7 Å². The fourth-order valence-electron chi connectivity index (χ4n) is 2.90. The monoisotopic (exact) mass is 539 g/mol. The molecular weight excluding hydrogens is 499 g/mol. The first-order valence-electron chi connectivity index (χ1n) is 12.4. The summed E-state index contributed by atoms with van der Waals surface area (Å²) in [6.07, 6.45) is 0.559. The summed E-state index contributed by atoms with van der Waals surface area (Å²) in [4.78, 5) is 0.236. The van der Waals surface area contributed by atoms with E-state index in [1.54, 1.807) is 24.3 Å². The Morgan fingerprint density at radius 3 is 1.97 bits per heavy atom. The van der Waals surface area contributed by atoms with Crippen molar-refractivity contribution in [3.05, 3.63) is 65.2 Å². The maximum Gasteiger partial charge on any atom is 0.270 e. The molecule has 0 heterocycles. The van der Waals surface area contributed by atoms with Gasteiger partial charge in [0, 0.05) is 30.3 Å². The van der Waals surface area contributed by atoms with Crippen molar-refractivity contribution in [3.63, 3.8) is 0 Å². The fraction of sp³-hybridized carbons (Fsp3) is 0.448. The van der Waals surface area contributed by atoms with E-state index in [0.717, 1.165) is 16.7 Å². The highest BCUT2D eigenvalue weighted by atomic mass is 32.2. The van der Waals surface area contributed by atoms with Crippen LogP contribution in [0.15, 0.2) is 53.4 Å². The number of sulfonamides is 1. The minimum Gasteiger partial charge on any atom is -0.417 e. The van der Waals surface area contributed by atoms with Gasteiger partial charge in [0.05, 0.1) is 4.90 Å². The van der Waals surface area contributed by atoms with Gasteiger partial charge in [0.25, 0.3) is 10.0 Å². The third-order valence-electron chi connectivity index (χ3n) is 6.20. The second-order valence-electron chi connectivity index (χ2n) is 11.6. The van der Waals surface area contributed by atoms with Gasteiger partial charge in [-0.2, -0.15) is 0 Å². The van der Waals surface area contributed by atoms with Gasteiger partial charge < -0.3 is 4.43 Å². The summed E-state index contributed by atoms with van der Waals surface area (Å²) >= 11 is 0. The van der Waals surface area contributed by atoms with Crippen molar-refractivity contribution >= 4 is 26.4 Å². The zero-order valence-corrected chi connectivity index (χ0v) is 26.1. The van der Waals surface area contributed by atoms with E-state index < -0.39 is 26.4 Å². The molecule has 36 heavy (non-hydrogen) atoms. The van der Waals surface area contributed by atoms with Gasteiger partial charge in [-0.15, -0.1) is 5.54 Å². The van der Waals surface area contributed by atoms with E-state index in [4.69, 9.17) is 4.43 Å². The lowest BCUT2D eigenvalue weighted by Crippen LogP contribution is -2.41. The molecule has 4 nitrogen and oxygen atoms in total. The second-order valence-corrected chi connectivity index (χ2v) is 23.1. The van der Waals surface area contributed by atoms with Crippen LogP contribution in [0.1, 0.15) is 43.9 Å². The molecule has 2 rings (SSSR count). The molecule has 7 heteroatoms. The summed E-state index contributed by atoms with van der Waals surface area (Å²) in [6, 6.07) is 17.5. The lowest BCUT2D eigenvalue weighted by molar-refractivity contribution is 0.275. The molecule has 0 N–H and O–H groups in total. The number of aryl methyl sites for hydroxylation is 1. The van der Waals surface area contributed by atoms with Gasteiger partial charge in [-0.1, -0.05) is 76.2 Å². The SMILES string of the molecule is Cc1ccc(S(=O)(=O)N(C#Cc2ccccc2C#C[Si](C)(C)C)CCCO[Si](C)(C)C(C)(C)C)cc1. The van der Waals surface area contributed by atoms with Crippen molar-refractivity contribution in [1.29, 1.82) is 0 Å². The van der Waals surface area contributed by atoms with Crippen molar-refractivity contribution in [3.8, 4) is 23.4 Å². The van der Waals surface area contributed by atoms with Crippen LogP contribution in [0.25, 0.3) is 0 Å². The van der Waals surface area contributed by atoms with Crippen LogP contribution in [-0.2, 0) is 14.4 Å². The molecule has 0 fully saturated rings. The van der Waals surface area contributed by atoms with Crippen molar-refractivity contribution in [1.82, 2.24) is 4.31 Å². The van der Waals surface area contributed by atoms with Crippen molar-refractivity contribution in [2.24, 2.45) is 0 Å². The summed E-state index contributed by atoms with van der Waals surface area (Å²) in [7, 11) is -7.27. The minimum atomic E-state index is -3.79. The highest BCUT2D eigenvalue weighted by Crippen LogP contribution is 2.36. The van der Waals surface area contributed by atoms with Gasteiger partial charge in [0.2, 0.25) is 0 Å². The molecule has 0 radical (unpaired) electrons. The van der Waals surface area contributed by atoms with Crippen LogP contribution in [0.5, 0.6) is 0 Å². The number of hydrogen-bond donors (Lipinski definition) is 0. The predicted octanol–water partition coefficient (Wildman–Crippen LogP) is 6.64. The Morgan fingerprint density at radius 1 is 0.889 bits per heavy atom. The maximum absolute atomic E-state index is 13.5. The van der Waals surface area contributed by atoms with Crippen molar-refractivity contribution < 1.29 is 12.8 Å². The van der Waals surface area contributed by atoms with Crippen LogP contribution >= 0.6 is 0 Å². The van der Waals surface area contributed by atoms with Gasteiger partial charge in [-0.05, 0) is 61.7 Å². The number of nitrogens with zero attached hydrogens (tertiary/aromatic N) is 1. The molecule has 0 aliphatic rings. The molecule has 0 atom stereocenters.